The van der Waals surface area contributed by atoms with Crippen molar-refractivity contribution in [1.29, 1.82) is 0 Å². The van der Waals surface area contributed by atoms with Gasteiger partial charge in [-0.05, 0) is 31.0 Å². The second kappa shape index (κ2) is 3.85. The lowest BCUT2D eigenvalue weighted by molar-refractivity contribution is 0.220. The standard InChI is InChI=1S/C12H15N3OS/c13-8-1-2-9-10(5-8)17-11(15-9)14-6-12(7-16)3-4-12/h1-2,5,16H,3-4,6-7,13H2,(H,14,15). The molecule has 0 unspecified atom stereocenters. The number of nitrogens with one attached hydrogen (secondary N) is 1. The molecule has 0 spiro atoms. The van der Waals surface area contributed by atoms with Crippen molar-refractivity contribution in [3.63, 3.8) is 0 Å². The Balaban J connectivity index is 1.77. The number of aliphatic hydroxyl groups excluding tert-OH is 1. The van der Waals surface area contributed by atoms with Gasteiger partial charge in [-0.3, -0.25) is 0 Å². The van der Waals surface area contributed by atoms with Crippen molar-refractivity contribution in [3.8, 4) is 0 Å². The normalized spacial score (nSPS) is 17.2. The van der Waals surface area contributed by atoms with E-state index in [0.717, 1.165) is 40.4 Å². The molecule has 4 nitrogen and oxygen atoms in total. The Hall–Kier alpha value is -1.33. The van der Waals surface area contributed by atoms with Gasteiger partial charge in [0.25, 0.3) is 0 Å². The Morgan fingerprint density at radius 2 is 2.29 bits per heavy atom. The Kier molecular flexibility index (Phi) is 2.45. The van der Waals surface area contributed by atoms with Gasteiger partial charge in [0.2, 0.25) is 0 Å². The third-order valence-electron chi connectivity index (χ3n) is 3.32. The predicted molar refractivity (Wildman–Crippen MR) is 71.3 cm³/mol. The molecule has 1 fully saturated rings. The number of nitrogens with two attached hydrogens (primary N) is 1. The molecule has 0 atom stereocenters. The molecule has 0 aliphatic heterocycles. The first-order valence-corrected chi connectivity index (χ1v) is 6.53. The minimum absolute atomic E-state index is 0.108. The molecule has 4 N–H and O–H groups in total. The minimum atomic E-state index is 0.108. The van der Waals surface area contributed by atoms with Crippen LogP contribution in [-0.4, -0.2) is 23.2 Å². The van der Waals surface area contributed by atoms with Gasteiger partial charge in [0.15, 0.2) is 5.13 Å². The number of fused-ring (bicyclic) bond motifs is 1. The highest BCUT2D eigenvalue weighted by molar-refractivity contribution is 7.22. The van der Waals surface area contributed by atoms with Crippen LogP contribution in [0.5, 0.6) is 0 Å². The van der Waals surface area contributed by atoms with E-state index in [1.54, 1.807) is 11.3 Å². The average Bonchev–Trinajstić information content (AvgIpc) is 3.00. The zero-order valence-electron chi connectivity index (χ0n) is 9.44. The molecule has 1 aliphatic carbocycles. The maximum Gasteiger partial charge on any atom is 0.183 e. The third-order valence-corrected chi connectivity index (χ3v) is 4.30. The number of nitrogens with zero attached hydrogens (tertiary/aromatic N) is 1. The fourth-order valence-electron chi connectivity index (χ4n) is 1.85. The number of hydrogen-bond acceptors (Lipinski definition) is 5. The summed E-state index contributed by atoms with van der Waals surface area (Å²) in [6, 6.07) is 5.74. The molecule has 3 rings (SSSR count). The molecule has 1 aromatic carbocycles. The fourth-order valence-corrected chi connectivity index (χ4v) is 2.76. The summed E-state index contributed by atoms with van der Waals surface area (Å²) in [5.41, 5.74) is 7.58. The molecular formula is C12H15N3OS. The fraction of sp³-hybridized carbons (Fsp3) is 0.417. The van der Waals surface area contributed by atoms with E-state index >= 15 is 0 Å². The topological polar surface area (TPSA) is 71.2 Å². The SMILES string of the molecule is Nc1ccc2nc(NCC3(CO)CC3)sc2c1. The molecular weight excluding hydrogens is 234 g/mol. The highest BCUT2D eigenvalue weighted by atomic mass is 32.1. The second-order valence-corrected chi connectivity index (χ2v) is 5.79. The number of aromatic nitrogens is 1. The number of nitrogen functional groups attached to an aromatic ring is 1. The van der Waals surface area contributed by atoms with Gasteiger partial charge in [-0.2, -0.15) is 0 Å². The second-order valence-electron chi connectivity index (χ2n) is 4.76. The van der Waals surface area contributed by atoms with Crippen molar-refractivity contribution < 1.29 is 5.11 Å². The van der Waals surface area contributed by atoms with Crippen molar-refractivity contribution in [1.82, 2.24) is 4.98 Å². The van der Waals surface area contributed by atoms with E-state index in [9.17, 15) is 5.11 Å². The summed E-state index contributed by atoms with van der Waals surface area (Å²) in [5.74, 6) is 0. The largest absolute Gasteiger partial charge is 0.399 e. The quantitative estimate of drug-likeness (QED) is 0.725. The van der Waals surface area contributed by atoms with Crippen LogP contribution in [0.15, 0.2) is 18.2 Å². The van der Waals surface area contributed by atoms with Gasteiger partial charge in [-0.25, -0.2) is 4.98 Å². The number of aliphatic hydroxyl groups is 1. The maximum atomic E-state index is 9.24. The van der Waals surface area contributed by atoms with Crippen LogP contribution in [0.2, 0.25) is 0 Å². The van der Waals surface area contributed by atoms with E-state index in [0.29, 0.717) is 0 Å². The Labute approximate surface area is 103 Å². The van der Waals surface area contributed by atoms with Crippen molar-refractivity contribution in [2.45, 2.75) is 12.8 Å². The monoisotopic (exact) mass is 249 g/mol. The molecule has 1 heterocycles. The Bertz CT molecular complexity index is 548. The number of hydrogen-bond donors (Lipinski definition) is 3. The zero-order chi connectivity index (χ0) is 11.9. The van der Waals surface area contributed by atoms with Gasteiger partial charge in [-0.15, -0.1) is 0 Å². The van der Waals surface area contributed by atoms with E-state index in [1.807, 2.05) is 18.2 Å². The first kappa shape index (κ1) is 10.8. The summed E-state index contributed by atoms with van der Waals surface area (Å²) in [5, 5.41) is 13.5. The molecule has 1 saturated carbocycles. The molecule has 2 aromatic rings. The molecule has 0 saturated heterocycles. The molecule has 5 heteroatoms. The molecule has 1 aromatic heterocycles. The van der Waals surface area contributed by atoms with Gasteiger partial charge in [-0.1, -0.05) is 11.3 Å². The van der Waals surface area contributed by atoms with Crippen LogP contribution in [0.1, 0.15) is 12.8 Å². The van der Waals surface area contributed by atoms with Gasteiger partial charge < -0.3 is 16.2 Å². The first-order valence-electron chi connectivity index (χ1n) is 5.72. The summed E-state index contributed by atoms with van der Waals surface area (Å²) in [7, 11) is 0. The van der Waals surface area contributed by atoms with Gasteiger partial charge in [0.1, 0.15) is 0 Å². The van der Waals surface area contributed by atoms with E-state index in [1.165, 1.54) is 0 Å². The van der Waals surface area contributed by atoms with Gasteiger partial charge >= 0.3 is 0 Å². The minimum Gasteiger partial charge on any atom is -0.399 e. The third kappa shape index (κ3) is 2.08. The van der Waals surface area contributed by atoms with E-state index in [2.05, 4.69) is 10.3 Å². The molecule has 0 radical (unpaired) electrons. The number of rotatable bonds is 4. The number of thiazole rings is 1. The Morgan fingerprint density at radius 1 is 1.47 bits per heavy atom. The number of anilines is 2. The highest BCUT2D eigenvalue weighted by Crippen LogP contribution is 2.45. The van der Waals surface area contributed by atoms with Crippen LogP contribution >= 0.6 is 11.3 Å². The van der Waals surface area contributed by atoms with Crippen molar-refractivity contribution in [2.24, 2.45) is 5.41 Å². The van der Waals surface area contributed by atoms with E-state index in [-0.39, 0.29) is 12.0 Å². The lowest BCUT2D eigenvalue weighted by Gasteiger charge is -2.11. The molecule has 0 amide bonds. The van der Waals surface area contributed by atoms with Crippen LogP contribution in [0.25, 0.3) is 10.2 Å². The molecule has 17 heavy (non-hydrogen) atoms. The van der Waals surface area contributed by atoms with E-state index in [4.69, 9.17) is 5.73 Å². The summed E-state index contributed by atoms with van der Waals surface area (Å²) >= 11 is 1.61. The van der Waals surface area contributed by atoms with Crippen molar-refractivity contribution in [2.75, 3.05) is 24.2 Å². The zero-order valence-corrected chi connectivity index (χ0v) is 10.3. The smallest absolute Gasteiger partial charge is 0.183 e. The van der Waals surface area contributed by atoms with Crippen LogP contribution in [-0.2, 0) is 0 Å². The summed E-state index contributed by atoms with van der Waals surface area (Å²) < 4.78 is 1.10. The molecule has 90 valence electrons. The average molecular weight is 249 g/mol. The lowest BCUT2D eigenvalue weighted by Crippen LogP contribution is -2.18. The van der Waals surface area contributed by atoms with Crippen LogP contribution in [0.3, 0.4) is 0 Å². The van der Waals surface area contributed by atoms with E-state index < -0.39 is 0 Å². The summed E-state index contributed by atoms with van der Waals surface area (Å²) in [6.45, 7) is 1.07. The first-order chi connectivity index (χ1) is 8.21. The van der Waals surface area contributed by atoms with Gasteiger partial charge in [0.05, 0.1) is 16.8 Å². The van der Waals surface area contributed by atoms with Gasteiger partial charge in [0, 0.05) is 17.6 Å². The molecule has 1 aliphatic rings. The summed E-state index contributed by atoms with van der Waals surface area (Å²) in [4.78, 5) is 4.49. The highest BCUT2D eigenvalue weighted by Gasteiger charge is 2.41. The maximum absolute atomic E-state index is 9.24. The van der Waals surface area contributed by atoms with Crippen LogP contribution in [0.4, 0.5) is 10.8 Å². The van der Waals surface area contributed by atoms with Crippen LogP contribution < -0.4 is 11.1 Å². The number of benzene rings is 1. The van der Waals surface area contributed by atoms with Crippen molar-refractivity contribution >= 4 is 32.4 Å². The summed E-state index contributed by atoms with van der Waals surface area (Å²) in [6.07, 6.45) is 2.21. The Morgan fingerprint density at radius 3 is 3.00 bits per heavy atom. The van der Waals surface area contributed by atoms with Crippen molar-refractivity contribution in [3.05, 3.63) is 18.2 Å². The molecule has 0 bridgehead atoms. The predicted octanol–water partition coefficient (Wildman–Crippen LogP) is 2.06. The lowest BCUT2D eigenvalue weighted by atomic mass is 10.1. The van der Waals surface area contributed by atoms with Crippen LogP contribution in [0, 0.1) is 5.41 Å².